The first-order valence-corrected chi connectivity index (χ1v) is 8.25. The van der Waals surface area contributed by atoms with E-state index < -0.39 is 0 Å². The monoisotopic (exact) mass is 331 g/mol. The van der Waals surface area contributed by atoms with Crippen LogP contribution in [-0.4, -0.2) is 55.4 Å². The van der Waals surface area contributed by atoms with Gasteiger partial charge in [-0.05, 0) is 24.6 Å². The van der Waals surface area contributed by atoms with E-state index in [9.17, 15) is 0 Å². The van der Waals surface area contributed by atoms with Gasteiger partial charge in [0.05, 0.1) is 26.5 Å². The molecule has 1 aliphatic heterocycles. The van der Waals surface area contributed by atoms with Gasteiger partial charge in [0.25, 0.3) is 0 Å². The van der Waals surface area contributed by atoms with Crippen molar-refractivity contribution < 1.29 is 14.0 Å². The molecule has 1 saturated heterocycles. The maximum absolute atomic E-state index is 5.38. The van der Waals surface area contributed by atoms with Gasteiger partial charge in [-0.1, -0.05) is 11.2 Å². The van der Waals surface area contributed by atoms with Gasteiger partial charge in [0.2, 0.25) is 0 Å². The molecule has 0 amide bonds. The van der Waals surface area contributed by atoms with Crippen LogP contribution in [0.4, 0.5) is 0 Å². The zero-order valence-electron chi connectivity index (χ0n) is 14.6. The summed E-state index contributed by atoms with van der Waals surface area (Å²) in [5.41, 5.74) is 2.18. The zero-order valence-corrected chi connectivity index (χ0v) is 14.6. The minimum atomic E-state index is 0.772. The first kappa shape index (κ1) is 16.8. The second-order valence-corrected chi connectivity index (χ2v) is 6.18. The number of piperazine rings is 1. The van der Waals surface area contributed by atoms with Crippen LogP contribution in [0.25, 0.3) is 0 Å². The summed E-state index contributed by atoms with van der Waals surface area (Å²) in [5, 5.41) is 3.95. The highest BCUT2D eigenvalue weighted by molar-refractivity contribution is 5.42. The highest BCUT2D eigenvalue weighted by Crippen LogP contribution is 2.28. The lowest BCUT2D eigenvalue weighted by molar-refractivity contribution is 0.113. The molecule has 3 rings (SSSR count). The third-order valence-corrected chi connectivity index (χ3v) is 4.38. The van der Waals surface area contributed by atoms with Crippen LogP contribution in [0.3, 0.4) is 0 Å². The molecule has 6 nitrogen and oxygen atoms in total. The Bertz CT molecular complexity index is 663. The van der Waals surface area contributed by atoms with Crippen LogP contribution in [0.2, 0.25) is 0 Å². The molecule has 0 aliphatic carbocycles. The molecule has 0 radical (unpaired) electrons. The van der Waals surface area contributed by atoms with Crippen molar-refractivity contribution in [2.75, 3.05) is 40.4 Å². The van der Waals surface area contributed by atoms with Crippen molar-refractivity contribution in [1.29, 1.82) is 0 Å². The molecular weight excluding hydrogens is 306 g/mol. The molecule has 2 heterocycles. The van der Waals surface area contributed by atoms with Crippen LogP contribution in [0, 0.1) is 6.92 Å². The topological polar surface area (TPSA) is 51.0 Å². The first-order chi connectivity index (χ1) is 11.7. The van der Waals surface area contributed by atoms with Crippen LogP contribution >= 0.6 is 0 Å². The maximum Gasteiger partial charge on any atom is 0.161 e. The standard InChI is InChI=1S/C18H25N3O3/c1-14-10-16(24-19-14)13-21-8-6-20(7-9-21)12-15-4-5-17(22-2)18(11-15)23-3/h4-5,10-11H,6-9,12-13H2,1-3H3. The quantitative estimate of drug-likeness (QED) is 0.810. The lowest BCUT2D eigenvalue weighted by Gasteiger charge is -2.34. The minimum absolute atomic E-state index is 0.772. The van der Waals surface area contributed by atoms with Crippen molar-refractivity contribution in [2.45, 2.75) is 20.0 Å². The fraction of sp³-hybridized carbons (Fsp3) is 0.500. The molecule has 2 aromatic rings. The number of methoxy groups -OCH3 is 2. The lowest BCUT2D eigenvalue weighted by Crippen LogP contribution is -2.45. The molecule has 6 heteroatoms. The van der Waals surface area contributed by atoms with Crippen LogP contribution in [-0.2, 0) is 13.1 Å². The van der Waals surface area contributed by atoms with Crippen molar-refractivity contribution in [2.24, 2.45) is 0 Å². The summed E-state index contributed by atoms with van der Waals surface area (Å²) in [6.07, 6.45) is 0. The molecule has 0 N–H and O–H groups in total. The van der Waals surface area contributed by atoms with Gasteiger partial charge in [0.15, 0.2) is 17.3 Å². The number of benzene rings is 1. The number of hydrogen-bond donors (Lipinski definition) is 0. The molecule has 1 fully saturated rings. The summed E-state index contributed by atoms with van der Waals surface area (Å²) in [5.74, 6) is 2.50. The average Bonchev–Trinajstić information content (AvgIpc) is 3.01. The van der Waals surface area contributed by atoms with Gasteiger partial charge in [-0.15, -0.1) is 0 Å². The zero-order chi connectivity index (χ0) is 16.9. The molecule has 0 bridgehead atoms. The van der Waals surface area contributed by atoms with E-state index >= 15 is 0 Å². The Kier molecular flexibility index (Phi) is 5.37. The number of aromatic nitrogens is 1. The summed E-state index contributed by atoms with van der Waals surface area (Å²) < 4.78 is 16.0. The van der Waals surface area contributed by atoms with Gasteiger partial charge >= 0.3 is 0 Å². The molecule has 24 heavy (non-hydrogen) atoms. The third kappa shape index (κ3) is 4.07. The van der Waals surface area contributed by atoms with Crippen molar-refractivity contribution in [3.63, 3.8) is 0 Å². The normalized spacial score (nSPS) is 16.3. The van der Waals surface area contributed by atoms with Gasteiger partial charge in [-0.3, -0.25) is 9.80 Å². The smallest absolute Gasteiger partial charge is 0.161 e. The van der Waals surface area contributed by atoms with Gasteiger partial charge in [0.1, 0.15) is 0 Å². The van der Waals surface area contributed by atoms with Crippen LogP contribution in [0.1, 0.15) is 17.0 Å². The SMILES string of the molecule is COc1ccc(CN2CCN(Cc3cc(C)no3)CC2)cc1OC. The summed E-state index contributed by atoms with van der Waals surface area (Å²) in [6.45, 7) is 7.87. The van der Waals surface area contributed by atoms with E-state index in [1.807, 2.05) is 19.1 Å². The number of nitrogens with zero attached hydrogens (tertiary/aromatic N) is 3. The van der Waals surface area contributed by atoms with E-state index in [1.54, 1.807) is 14.2 Å². The number of hydrogen-bond acceptors (Lipinski definition) is 6. The maximum atomic E-state index is 5.38. The van der Waals surface area contributed by atoms with E-state index in [1.165, 1.54) is 5.56 Å². The summed E-state index contributed by atoms with van der Waals surface area (Å²) in [7, 11) is 3.33. The molecular formula is C18H25N3O3. The van der Waals surface area contributed by atoms with E-state index in [0.29, 0.717) is 0 Å². The Morgan fingerprint density at radius 2 is 1.62 bits per heavy atom. The lowest BCUT2D eigenvalue weighted by atomic mass is 10.1. The molecule has 130 valence electrons. The first-order valence-electron chi connectivity index (χ1n) is 8.25. The van der Waals surface area contributed by atoms with E-state index in [0.717, 1.165) is 62.2 Å². The predicted molar refractivity (Wildman–Crippen MR) is 91.3 cm³/mol. The van der Waals surface area contributed by atoms with E-state index in [2.05, 4.69) is 27.1 Å². The van der Waals surface area contributed by atoms with Crippen molar-refractivity contribution in [3.05, 3.63) is 41.3 Å². The highest BCUT2D eigenvalue weighted by Gasteiger charge is 2.19. The number of aryl methyl sites for hydroxylation is 1. The number of ether oxygens (including phenoxy) is 2. The molecule has 1 aromatic heterocycles. The molecule has 0 unspecified atom stereocenters. The molecule has 0 spiro atoms. The second-order valence-electron chi connectivity index (χ2n) is 6.18. The Morgan fingerprint density at radius 3 is 2.21 bits per heavy atom. The fourth-order valence-electron chi connectivity index (χ4n) is 3.05. The van der Waals surface area contributed by atoms with Gasteiger partial charge < -0.3 is 14.0 Å². The molecule has 0 saturated carbocycles. The molecule has 1 aromatic carbocycles. The van der Waals surface area contributed by atoms with Crippen LogP contribution < -0.4 is 9.47 Å². The van der Waals surface area contributed by atoms with Crippen molar-refractivity contribution in [1.82, 2.24) is 15.0 Å². The Balaban J connectivity index is 1.52. The summed E-state index contributed by atoms with van der Waals surface area (Å²) in [4.78, 5) is 4.87. The summed E-state index contributed by atoms with van der Waals surface area (Å²) >= 11 is 0. The van der Waals surface area contributed by atoms with E-state index in [-0.39, 0.29) is 0 Å². The Labute approximate surface area is 142 Å². The van der Waals surface area contributed by atoms with Gasteiger partial charge in [-0.2, -0.15) is 0 Å². The third-order valence-electron chi connectivity index (χ3n) is 4.38. The van der Waals surface area contributed by atoms with E-state index in [4.69, 9.17) is 14.0 Å². The Morgan fingerprint density at radius 1 is 0.958 bits per heavy atom. The fourth-order valence-corrected chi connectivity index (χ4v) is 3.05. The largest absolute Gasteiger partial charge is 0.493 e. The van der Waals surface area contributed by atoms with Crippen LogP contribution in [0.15, 0.2) is 28.8 Å². The second kappa shape index (κ2) is 7.68. The van der Waals surface area contributed by atoms with Crippen molar-refractivity contribution >= 4 is 0 Å². The van der Waals surface area contributed by atoms with Gasteiger partial charge in [-0.25, -0.2) is 0 Å². The average molecular weight is 331 g/mol. The number of rotatable bonds is 6. The Hall–Kier alpha value is -2.05. The predicted octanol–water partition coefficient (Wildman–Crippen LogP) is 2.32. The van der Waals surface area contributed by atoms with Crippen molar-refractivity contribution in [3.8, 4) is 11.5 Å². The van der Waals surface area contributed by atoms with Crippen LogP contribution in [0.5, 0.6) is 11.5 Å². The van der Waals surface area contributed by atoms with Gasteiger partial charge in [0, 0.05) is 38.8 Å². The minimum Gasteiger partial charge on any atom is -0.493 e. The highest BCUT2D eigenvalue weighted by atomic mass is 16.5. The summed E-state index contributed by atoms with van der Waals surface area (Å²) in [6, 6.07) is 8.14. The molecule has 0 atom stereocenters. The molecule has 1 aliphatic rings.